The van der Waals surface area contributed by atoms with Crippen molar-refractivity contribution < 1.29 is 18.3 Å². The fourth-order valence-electron chi connectivity index (χ4n) is 1.22. The van der Waals surface area contributed by atoms with Gasteiger partial charge >= 0.3 is 5.97 Å². The van der Waals surface area contributed by atoms with Crippen LogP contribution in [0.5, 0.6) is 0 Å². The smallest absolute Gasteiger partial charge is 0.304 e. The van der Waals surface area contributed by atoms with E-state index in [2.05, 4.69) is 15.9 Å². The van der Waals surface area contributed by atoms with Crippen LogP contribution in [0.25, 0.3) is 0 Å². The standard InChI is InChI=1S/C10H11BrClNO4S/c1-13(5-4-10(14)15)18(16,17)9-6-7(11)2-3-8(9)12/h2-3,6H,4-5H2,1H3,(H,14,15). The van der Waals surface area contributed by atoms with Gasteiger partial charge < -0.3 is 5.11 Å². The highest BCUT2D eigenvalue weighted by Crippen LogP contribution is 2.27. The van der Waals surface area contributed by atoms with Crippen molar-refractivity contribution in [2.45, 2.75) is 11.3 Å². The molecular formula is C10H11BrClNO4S. The minimum absolute atomic E-state index is 0.0496. The normalized spacial score (nSPS) is 11.8. The van der Waals surface area contributed by atoms with Crippen LogP contribution in [0.15, 0.2) is 27.6 Å². The first-order valence-corrected chi connectivity index (χ1v) is 7.49. The lowest BCUT2D eigenvalue weighted by atomic mass is 10.4. The number of carboxylic acids is 1. The summed E-state index contributed by atoms with van der Waals surface area (Å²) in [5.41, 5.74) is 0. The molecule has 0 aliphatic rings. The summed E-state index contributed by atoms with van der Waals surface area (Å²) in [6, 6.07) is 4.47. The maximum Gasteiger partial charge on any atom is 0.304 e. The quantitative estimate of drug-likeness (QED) is 0.877. The van der Waals surface area contributed by atoms with Crippen LogP contribution in [0.2, 0.25) is 5.02 Å². The minimum atomic E-state index is -3.78. The van der Waals surface area contributed by atoms with Gasteiger partial charge in [0.15, 0.2) is 0 Å². The van der Waals surface area contributed by atoms with Gasteiger partial charge in [0.2, 0.25) is 10.0 Å². The number of rotatable bonds is 5. The molecule has 100 valence electrons. The molecule has 0 radical (unpaired) electrons. The van der Waals surface area contributed by atoms with Gasteiger partial charge in [-0.2, -0.15) is 0 Å². The molecule has 5 nitrogen and oxygen atoms in total. The van der Waals surface area contributed by atoms with E-state index < -0.39 is 16.0 Å². The third-order valence-corrected chi connectivity index (χ3v) is 5.05. The molecule has 0 heterocycles. The number of carboxylic acid groups (broad SMARTS) is 1. The van der Waals surface area contributed by atoms with E-state index in [1.54, 1.807) is 6.07 Å². The maximum atomic E-state index is 12.1. The molecule has 1 rings (SSSR count). The number of hydrogen-bond acceptors (Lipinski definition) is 3. The van der Waals surface area contributed by atoms with Crippen LogP contribution in [0.3, 0.4) is 0 Å². The lowest BCUT2D eigenvalue weighted by Crippen LogP contribution is -2.29. The van der Waals surface area contributed by atoms with Crippen LogP contribution in [0.4, 0.5) is 0 Å². The van der Waals surface area contributed by atoms with E-state index in [4.69, 9.17) is 16.7 Å². The lowest BCUT2D eigenvalue weighted by molar-refractivity contribution is -0.137. The molecule has 8 heteroatoms. The van der Waals surface area contributed by atoms with Crippen LogP contribution < -0.4 is 0 Å². The van der Waals surface area contributed by atoms with Crippen molar-refractivity contribution in [2.75, 3.05) is 13.6 Å². The first kappa shape index (κ1) is 15.4. The number of sulfonamides is 1. The predicted octanol–water partition coefficient (Wildman–Crippen LogP) is 2.20. The van der Waals surface area contributed by atoms with E-state index in [1.807, 2.05) is 0 Å². The average Bonchev–Trinajstić information content (AvgIpc) is 2.28. The van der Waals surface area contributed by atoms with Crippen molar-refractivity contribution >= 4 is 43.5 Å². The molecule has 0 saturated heterocycles. The number of hydrogen-bond donors (Lipinski definition) is 1. The largest absolute Gasteiger partial charge is 0.481 e. The molecular weight excluding hydrogens is 346 g/mol. The number of benzene rings is 1. The molecule has 0 aromatic heterocycles. The minimum Gasteiger partial charge on any atom is -0.481 e. The summed E-state index contributed by atoms with van der Waals surface area (Å²) in [4.78, 5) is 10.4. The number of aliphatic carboxylic acids is 1. The zero-order valence-corrected chi connectivity index (χ0v) is 12.6. The molecule has 0 saturated carbocycles. The van der Waals surface area contributed by atoms with Crippen LogP contribution in [0, 0.1) is 0 Å². The van der Waals surface area contributed by atoms with E-state index in [-0.39, 0.29) is 22.9 Å². The Morgan fingerprint density at radius 2 is 2.11 bits per heavy atom. The molecule has 0 fully saturated rings. The van der Waals surface area contributed by atoms with E-state index in [9.17, 15) is 13.2 Å². The fourth-order valence-corrected chi connectivity index (χ4v) is 3.40. The van der Waals surface area contributed by atoms with Crippen molar-refractivity contribution in [3.63, 3.8) is 0 Å². The van der Waals surface area contributed by atoms with Gasteiger partial charge in [-0.25, -0.2) is 12.7 Å². The Morgan fingerprint density at radius 1 is 1.50 bits per heavy atom. The van der Waals surface area contributed by atoms with Gasteiger partial charge in [0.25, 0.3) is 0 Å². The van der Waals surface area contributed by atoms with Crippen LogP contribution in [0.1, 0.15) is 6.42 Å². The SMILES string of the molecule is CN(CCC(=O)O)S(=O)(=O)c1cc(Br)ccc1Cl. The Hall–Kier alpha value is -0.630. The molecule has 0 aliphatic heterocycles. The van der Waals surface area contributed by atoms with Crippen LogP contribution in [-0.4, -0.2) is 37.4 Å². The summed E-state index contributed by atoms with van der Waals surface area (Å²) in [6.07, 6.45) is -0.263. The lowest BCUT2D eigenvalue weighted by Gasteiger charge is -2.17. The van der Waals surface area contributed by atoms with Gasteiger partial charge in [0.1, 0.15) is 4.90 Å². The zero-order chi connectivity index (χ0) is 13.9. The predicted molar refractivity (Wildman–Crippen MR) is 71.2 cm³/mol. The van der Waals surface area contributed by atoms with Crippen molar-refractivity contribution in [1.29, 1.82) is 0 Å². The average molecular weight is 357 g/mol. The maximum absolute atomic E-state index is 12.1. The second kappa shape index (κ2) is 6.01. The summed E-state index contributed by atoms with van der Waals surface area (Å²) >= 11 is 9.01. The highest BCUT2D eigenvalue weighted by Gasteiger charge is 2.24. The van der Waals surface area contributed by atoms with Gasteiger partial charge in [0.05, 0.1) is 11.4 Å². The molecule has 0 atom stereocenters. The third-order valence-electron chi connectivity index (χ3n) is 2.22. The number of halogens is 2. The molecule has 1 N–H and O–H groups in total. The Labute approximate surface area is 119 Å². The monoisotopic (exact) mass is 355 g/mol. The second-order valence-electron chi connectivity index (χ2n) is 3.55. The summed E-state index contributed by atoms with van der Waals surface area (Å²) in [7, 11) is -2.46. The van der Waals surface area contributed by atoms with Gasteiger partial charge in [-0.15, -0.1) is 0 Å². The molecule has 0 amide bonds. The molecule has 1 aromatic carbocycles. The molecule has 0 unspecified atom stereocenters. The summed E-state index contributed by atoms with van der Waals surface area (Å²) < 4.78 is 25.8. The number of nitrogens with zero attached hydrogens (tertiary/aromatic N) is 1. The highest BCUT2D eigenvalue weighted by molar-refractivity contribution is 9.10. The Morgan fingerprint density at radius 3 is 2.67 bits per heavy atom. The van der Waals surface area contributed by atoms with E-state index in [0.29, 0.717) is 4.47 Å². The Balaban J connectivity index is 3.05. The number of carbonyl (C=O) groups is 1. The van der Waals surface area contributed by atoms with Crippen LogP contribution in [-0.2, 0) is 14.8 Å². The summed E-state index contributed by atoms with van der Waals surface area (Å²) in [5, 5.41) is 8.64. The zero-order valence-electron chi connectivity index (χ0n) is 9.43. The topological polar surface area (TPSA) is 74.7 Å². The van der Waals surface area contributed by atoms with Crippen molar-refractivity contribution in [3.05, 3.63) is 27.7 Å². The highest BCUT2D eigenvalue weighted by atomic mass is 79.9. The summed E-state index contributed by atoms with van der Waals surface area (Å²) in [6.45, 7) is -0.111. The first-order chi connectivity index (χ1) is 8.25. The van der Waals surface area contributed by atoms with Crippen molar-refractivity contribution in [2.24, 2.45) is 0 Å². The molecule has 0 bridgehead atoms. The van der Waals surface area contributed by atoms with Gasteiger partial charge in [-0.3, -0.25) is 4.79 Å². The van der Waals surface area contributed by atoms with E-state index >= 15 is 0 Å². The second-order valence-corrected chi connectivity index (χ2v) is 6.88. The van der Waals surface area contributed by atoms with E-state index in [0.717, 1.165) is 4.31 Å². The van der Waals surface area contributed by atoms with Crippen LogP contribution >= 0.6 is 27.5 Å². The molecule has 1 aromatic rings. The molecule has 0 aliphatic carbocycles. The Kier molecular flexibility index (Phi) is 5.15. The van der Waals surface area contributed by atoms with Gasteiger partial charge in [-0.05, 0) is 18.2 Å². The van der Waals surface area contributed by atoms with E-state index in [1.165, 1.54) is 19.2 Å². The Bertz CT molecular complexity index is 561. The molecule has 0 spiro atoms. The first-order valence-electron chi connectivity index (χ1n) is 4.88. The fraction of sp³-hybridized carbons (Fsp3) is 0.300. The summed E-state index contributed by atoms with van der Waals surface area (Å²) in [5.74, 6) is -1.06. The van der Waals surface area contributed by atoms with Gasteiger partial charge in [0, 0.05) is 18.1 Å². The molecule has 18 heavy (non-hydrogen) atoms. The van der Waals surface area contributed by atoms with Gasteiger partial charge in [-0.1, -0.05) is 27.5 Å². The third kappa shape index (κ3) is 3.68. The van der Waals surface area contributed by atoms with Crippen molar-refractivity contribution in [1.82, 2.24) is 4.31 Å². The van der Waals surface area contributed by atoms with Crippen molar-refractivity contribution in [3.8, 4) is 0 Å².